The highest BCUT2D eigenvalue weighted by molar-refractivity contribution is 5.41. The third kappa shape index (κ3) is 2.02. The Labute approximate surface area is 108 Å². The lowest BCUT2D eigenvalue weighted by Gasteiger charge is -2.36. The van der Waals surface area contributed by atoms with Crippen LogP contribution in [0.3, 0.4) is 0 Å². The smallest absolute Gasteiger partial charge is 0.122 e. The highest BCUT2D eigenvalue weighted by Crippen LogP contribution is 2.36. The van der Waals surface area contributed by atoms with Crippen molar-refractivity contribution in [2.45, 2.75) is 31.8 Å². The van der Waals surface area contributed by atoms with Crippen LogP contribution in [0.15, 0.2) is 18.2 Å². The Morgan fingerprint density at radius 1 is 1.44 bits per heavy atom. The maximum Gasteiger partial charge on any atom is 0.122 e. The molecule has 0 spiro atoms. The average Bonchev–Trinajstić information content (AvgIpc) is 2.87. The molecule has 1 saturated heterocycles. The zero-order chi connectivity index (χ0) is 12.6. The minimum absolute atomic E-state index is 0.298. The molecule has 2 aliphatic heterocycles. The predicted octanol–water partition coefficient (Wildman–Crippen LogP) is 1.83. The van der Waals surface area contributed by atoms with E-state index in [9.17, 15) is 5.11 Å². The van der Waals surface area contributed by atoms with Gasteiger partial charge in [-0.05, 0) is 49.6 Å². The fraction of sp³-hybridized carbons (Fsp3) is 0.600. The van der Waals surface area contributed by atoms with E-state index in [1.54, 1.807) is 0 Å². The first-order valence-electron chi connectivity index (χ1n) is 6.87. The first kappa shape index (κ1) is 12.0. The van der Waals surface area contributed by atoms with E-state index in [0.29, 0.717) is 5.92 Å². The van der Waals surface area contributed by atoms with Crippen molar-refractivity contribution in [1.82, 2.24) is 5.32 Å². The Balaban J connectivity index is 1.87. The van der Waals surface area contributed by atoms with Crippen molar-refractivity contribution in [3.8, 4) is 5.75 Å². The SMILES string of the molecule is CC(O)(c1ccc2c(c1)CCO2)C1CCCNC1. The van der Waals surface area contributed by atoms with Gasteiger partial charge in [0, 0.05) is 18.9 Å². The molecule has 0 aliphatic carbocycles. The third-order valence-corrected chi connectivity index (χ3v) is 4.37. The highest BCUT2D eigenvalue weighted by Gasteiger charge is 2.35. The molecule has 2 heterocycles. The minimum Gasteiger partial charge on any atom is -0.493 e. The maximum absolute atomic E-state index is 10.9. The van der Waals surface area contributed by atoms with Crippen molar-refractivity contribution >= 4 is 0 Å². The molecule has 2 unspecified atom stereocenters. The van der Waals surface area contributed by atoms with E-state index in [-0.39, 0.29) is 0 Å². The molecule has 3 nitrogen and oxygen atoms in total. The molecule has 1 aromatic rings. The van der Waals surface area contributed by atoms with Crippen LogP contribution in [0.2, 0.25) is 0 Å². The molecule has 0 amide bonds. The predicted molar refractivity (Wildman–Crippen MR) is 70.8 cm³/mol. The van der Waals surface area contributed by atoms with Crippen molar-refractivity contribution in [2.24, 2.45) is 5.92 Å². The third-order valence-electron chi connectivity index (χ3n) is 4.37. The van der Waals surface area contributed by atoms with E-state index in [1.165, 1.54) is 5.56 Å². The second-order valence-electron chi connectivity index (χ2n) is 5.61. The van der Waals surface area contributed by atoms with E-state index >= 15 is 0 Å². The van der Waals surface area contributed by atoms with Crippen LogP contribution in [-0.2, 0) is 12.0 Å². The number of hydrogen-bond acceptors (Lipinski definition) is 3. The molecule has 0 bridgehead atoms. The average molecular weight is 247 g/mol. The minimum atomic E-state index is -0.745. The molecule has 2 aliphatic rings. The van der Waals surface area contributed by atoms with Gasteiger partial charge >= 0.3 is 0 Å². The zero-order valence-corrected chi connectivity index (χ0v) is 10.9. The van der Waals surface area contributed by atoms with Crippen LogP contribution in [-0.4, -0.2) is 24.8 Å². The van der Waals surface area contributed by atoms with Crippen LogP contribution >= 0.6 is 0 Å². The zero-order valence-electron chi connectivity index (χ0n) is 10.9. The number of rotatable bonds is 2. The molecule has 0 saturated carbocycles. The fourth-order valence-corrected chi connectivity index (χ4v) is 3.07. The Bertz CT molecular complexity index is 436. The van der Waals surface area contributed by atoms with E-state index in [1.807, 2.05) is 19.1 Å². The summed E-state index contributed by atoms with van der Waals surface area (Å²) in [5.41, 5.74) is 1.52. The highest BCUT2D eigenvalue weighted by atomic mass is 16.5. The van der Waals surface area contributed by atoms with Crippen molar-refractivity contribution in [3.63, 3.8) is 0 Å². The van der Waals surface area contributed by atoms with Crippen LogP contribution in [0.5, 0.6) is 5.75 Å². The summed E-state index contributed by atoms with van der Waals surface area (Å²) in [7, 11) is 0. The van der Waals surface area contributed by atoms with Crippen molar-refractivity contribution in [2.75, 3.05) is 19.7 Å². The van der Waals surface area contributed by atoms with E-state index in [0.717, 1.165) is 50.3 Å². The molecule has 1 aromatic carbocycles. The summed E-state index contributed by atoms with van der Waals surface area (Å²) in [6, 6.07) is 6.14. The van der Waals surface area contributed by atoms with Gasteiger partial charge in [-0.2, -0.15) is 0 Å². The first-order valence-corrected chi connectivity index (χ1v) is 6.87. The van der Waals surface area contributed by atoms with Gasteiger partial charge in [0.15, 0.2) is 0 Å². The van der Waals surface area contributed by atoms with Gasteiger partial charge in [-0.15, -0.1) is 0 Å². The number of fused-ring (bicyclic) bond motifs is 1. The lowest BCUT2D eigenvalue weighted by atomic mass is 9.78. The van der Waals surface area contributed by atoms with E-state index in [2.05, 4.69) is 11.4 Å². The first-order chi connectivity index (χ1) is 8.68. The molecule has 0 aromatic heterocycles. The van der Waals surface area contributed by atoms with Crippen LogP contribution in [0, 0.1) is 5.92 Å². The van der Waals surface area contributed by atoms with Gasteiger partial charge in [0.25, 0.3) is 0 Å². The second kappa shape index (κ2) is 4.56. The van der Waals surface area contributed by atoms with Gasteiger partial charge in [0.2, 0.25) is 0 Å². The van der Waals surface area contributed by atoms with Gasteiger partial charge in [-0.25, -0.2) is 0 Å². The summed E-state index contributed by atoms with van der Waals surface area (Å²) in [5, 5.41) is 14.2. The van der Waals surface area contributed by atoms with Gasteiger partial charge in [-0.3, -0.25) is 0 Å². The summed E-state index contributed by atoms with van der Waals surface area (Å²) in [5.74, 6) is 1.28. The lowest BCUT2D eigenvalue weighted by Crippen LogP contribution is -2.42. The van der Waals surface area contributed by atoms with Crippen LogP contribution in [0.1, 0.15) is 30.9 Å². The lowest BCUT2D eigenvalue weighted by molar-refractivity contribution is -0.0157. The quantitative estimate of drug-likeness (QED) is 0.837. The van der Waals surface area contributed by atoms with E-state index in [4.69, 9.17) is 4.74 Å². The number of hydrogen-bond donors (Lipinski definition) is 2. The monoisotopic (exact) mass is 247 g/mol. The van der Waals surface area contributed by atoms with Gasteiger partial charge < -0.3 is 15.2 Å². The fourth-order valence-electron chi connectivity index (χ4n) is 3.07. The maximum atomic E-state index is 10.9. The number of piperidine rings is 1. The summed E-state index contributed by atoms with van der Waals surface area (Å²) < 4.78 is 5.52. The van der Waals surface area contributed by atoms with Gasteiger partial charge in [0.05, 0.1) is 12.2 Å². The molecular weight excluding hydrogens is 226 g/mol. The van der Waals surface area contributed by atoms with Crippen LogP contribution in [0.4, 0.5) is 0 Å². The van der Waals surface area contributed by atoms with Crippen molar-refractivity contribution < 1.29 is 9.84 Å². The summed E-state index contributed by atoms with van der Waals surface area (Å²) >= 11 is 0. The van der Waals surface area contributed by atoms with Crippen LogP contribution in [0.25, 0.3) is 0 Å². The molecule has 3 rings (SSSR count). The van der Waals surface area contributed by atoms with Crippen LogP contribution < -0.4 is 10.1 Å². The Kier molecular flexibility index (Phi) is 3.04. The van der Waals surface area contributed by atoms with Crippen molar-refractivity contribution in [1.29, 1.82) is 0 Å². The molecule has 2 N–H and O–H groups in total. The molecule has 1 fully saturated rings. The number of aliphatic hydroxyl groups is 1. The molecule has 3 heteroatoms. The van der Waals surface area contributed by atoms with Gasteiger partial charge in [-0.1, -0.05) is 6.07 Å². The topological polar surface area (TPSA) is 41.5 Å². The Hall–Kier alpha value is -1.06. The molecule has 18 heavy (non-hydrogen) atoms. The molecule has 2 atom stereocenters. The molecule has 98 valence electrons. The molecule has 0 radical (unpaired) electrons. The molecular formula is C15H21NO2. The number of nitrogens with one attached hydrogen (secondary N) is 1. The summed E-state index contributed by atoms with van der Waals surface area (Å²) in [6.45, 7) is 4.69. The van der Waals surface area contributed by atoms with E-state index < -0.39 is 5.60 Å². The van der Waals surface area contributed by atoms with Gasteiger partial charge in [0.1, 0.15) is 5.75 Å². The normalized spacial score (nSPS) is 26.2. The summed E-state index contributed by atoms with van der Waals surface area (Å²) in [4.78, 5) is 0. The Morgan fingerprint density at radius 3 is 3.11 bits per heavy atom. The largest absolute Gasteiger partial charge is 0.493 e. The Morgan fingerprint density at radius 2 is 2.33 bits per heavy atom. The number of ether oxygens (including phenoxy) is 1. The standard InChI is InChI=1S/C15H21NO2/c1-15(17,13-3-2-7-16-10-13)12-4-5-14-11(9-12)6-8-18-14/h4-5,9,13,16-17H,2-3,6-8,10H2,1H3. The number of benzene rings is 1. The second-order valence-corrected chi connectivity index (χ2v) is 5.61. The van der Waals surface area contributed by atoms with Crippen molar-refractivity contribution in [3.05, 3.63) is 29.3 Å². The summed E-state index contributed by atoms with van der Waals surface area (Å²) in [6.07, 6.45) is 3.20.